The number of halogens is 1. The summed E-state index contributed by atoms with van der Waals surface area (Å²) >= 11 is 5.83. The van der Waals surface area contributed by atoms with Crippen molar-refractivity contribution in [3.05, 3.63) is 23.2 Å². The molecule has 0 bridgehead atoms. The average Bonchev–Trinajstić information content (AvgIpc) is 2.39. The molecule has 1 saturated heterocycles. The first-order valence-electron chi connectivity index (χ1n) is 5.95. The Morgan fingerprint density at radius 3 is 2.83 bits per heavy atom. The van der Waals surface area contributed by atoms with Crippen molar-refractivity contribution in [1.82, 2.24) is 14.9 Å². The number of carbonyl (C=O) groups excluding carboxylic acids is 1. The van der Waals surface area contributed by atoms with E-state index in [-0.39, 0.29) is 12.5 Å². The van der Waals surface area contributed by atoms with Crippen molar-refractivity contribution < 1.29 is 9.53 Å². The van der Waals surface area contributed by atoms with Crippen molar-refractivity contribution >= 4 is 17.5 Å². The second kappa shape index (κ2) is 6.11. The molecule has 0 saturated carbocycles. The van der Waals surface area contributed by atoms with Crippen LogP contribution < -0.4 is 0 Å². The summed E-state index contributed by atoms with van der Waals surface area (Å²) in [6.07, 6.45) is 5.07. The lowest BCUT2D eigenvalue weighted by Crippen LogP contribution is -2.39. The van der Waals surface area contributed by atoms with Crippen LogP contribution in [0.2, 0.25) is 5.15 Å². The third kappa shape index (κ3) is 3.17. The highest BCUT2D eigenvalue weighted by atomic mass is 35.5. The van der Waals surface area contributed by atoms with Crippen molar-refractivity contribution in [3.8, 4) is 0 Å². The number of likely N-dealkylation sites (tertiary alicyclic amines) is 1. The minimum absolute atomic E-state index is 0.0492. The van der Waals surface area contributed by atoms with Gasteiger partial charge in [-0.05, 0) is 12.8 Å². The Bertz CT molecular complexity index is 420. The van der Waals surface area contributed by atoms with Gasteiger partial charge in [-0.2, -0.15) is 0 Å². The van der Waals surface area contributed by atoms with Crippen molar-refractivity contribution in [2.75, 3.05) is 26.8 Å². The van der Waals surface area contributed by atoms with Gasteiger partial charge in [-0.3, -0.25) is 9.78 Å². The van der Waals surface area contributed by atoms with Gasteiger partial charge in [0.2, 0.25) is 5.91 Å². The Morgan fingerprint density at radius 1 is 1.50 bits per heavy atom. The van der Waals surface area contributed by atoms with E-state index < -0.39 is 0 Å². The first-order valence-corrected chi connectivity index (χ1v) is 6.32. The Kier molecular flexibility index (Phi) is 4.49. The molecule has 1 amide bonds. The topological polar surface area (TPSA) is 55.3 Å². The second-order valence-corrected chi connectivity index (χ2v) is 4.74. The fourth-order valence-corrected chi connectivity index (χ4v) is 2.35. The Labute approximate surface area is 111 Å². The molecule has 2 rings (SSSR count). The Balaban J connectivity index is 1.92. The first kappa shape index (κ1) is 13.2. The lowest BCUT2D eigenvalue weighted by Gasteiger charge is -2.31. The smallest absolute Gasteiger partial charge is 0.248 e. The second-order valence-electron chi connectivity index (χ2n) is 4.35. The molecular weight excluding hydrogens is 254 g/mol. The summed E-state index contributed by atoms with van der Waals surface area (Å²) in [5, 5.41) is 0.422. The third-order valence-electron chi connectivity index (χ3n) is 3.16. The number of piperidine rings is 1. The van der Waals surface area contributed by atoms with E-state index in [1.165, 1.54) is 13.3 Å². The third-order valence-corrected chi connectivity index (χ3v) is 3.34. The molecule has 5 nitrogen and oxygen atoms in total. The maximum absolute atomic E-state index is 11.6. The van der Waals surface area contributed by atoms with Gasteiger partial charge in [0.15, 0.2) is 0 Å². The highest BCUT2D eigenvalue weighted by Gasteiger charge is 2.24. The maximum Gasteiger partial charge on any atom is 0.248 e. The highest BCUT2D eigenvalue weighted by molar-refractivity contribution is 6.29. The van der Waals surface area contributed by atoms with E-state index in [1.54, 1.807) is 6.20 Å². The minimum Gasteiger partial charge on any atom is -0.375 e. The fourth-order valence-electron chi connectivity index (χ4n) is 2.19. The molecule has 0 radical (unpaired) electrons. The molecule has 18 heavy (non-hydrogen) atoms. The number of aromatic nitrogens is 2. The Morgan fingerprint density at radius 2 is 2.22 bits per heavy atom. The van der Waals surface area contributed by atoms with Crippen LogP contribution >= 0.6 is 11.6 Å². The number of methoxy groups -OCH3 is 1. The van der Waals surface area contributed by atoms with E-state index in [0.29, 0.717) is 11.1 Å². The minimum atomic E-state index is 0.0492. The van der Waals surface area contributed by atoms with Gasteiger partial charge in [0.05, 0.1) is 11.9 Å². The zero-order valence-electron chi connectivity index (χ0n) is 10.3. The zero-order valence-corrected chi connectivity index (χ0v) is 11.1. The summed E-state index contributed by atoms with van der Waals surface area (Å²) in [6, 6.07) is 0. The molecule has 0 N–H and O–H groups in total. The number of carbonyl (C=O) groups is 1. The standard InChI is InChI=1S/C12H16ClN3O2/c1-18-8-12(17)16-4-2-9(3-5-16)10-6-14-7-11(13)15-10/h6-7,9H,2-5,8H2,1H3. The molecule has 98 valence electrons. The molecule has 2 heterocycles. The van der Waals surface area contributed by atoms with E-state index in [4.69, 9.17) is 16.3 Å². The van der Waals surface area contributed by atoms with Gasteiger partial charge in [-0.15, -0.1) is 0 Å². The van der Waals surface area contributed by atoms with Gasteiger partial charge in [-0.1, -0.05) is 11.6 Å². The monoisotopic (exact) mass is 269 g/mol. The predicted octanol–water partition coefficient (Wildman–Crippen LogP) is 1.48. The van der Waals surface area contributed by atoms with Gasteiger partial charge >= 0.3 is 0 Å². The van der Waals surface area contributed by atoms with Crippen LogP contribution in [0.1, 0.15) is 24.5 Å². The lowest BCUT2D eigenvalue weighted by molar-refractivity contribution is -0.136. The first-order chi connectivity index (χ1) is 8.70. The average molecular weight is 270 g/mol. The van der Waals surface area contributed by atoms with Crippen LogP contribution in [-0.2, 0) is 9.53 Å². The number of amides is 1. The Hall–Kier alpha value is -1.20. The summed E-state index contributed by atoms with van der Waals surface area (Å²) in [6.45, 7) is 1.63. The molecule has 1 aliphatic rings. The largest absolute Gasteiger partial charge is 0.375 e. The molecule has 0 aliphatic carbocycles. The predicted molar refractivity (Wildman–Crippen MR) is 67.5 cm³/mol. The van der Waals surface area contributed by atoms with E-state index in [1.807, 2.05) is 4.90 Å². The van der Waals surface area contributed by atoms with Gasteiger partial charge in [0.1, 0.15) is 11.8 Å². The number of hydrogen-bond donors (Lipinski definition) is 0. The van der Waals surface area contributed by atoms with Crippen molar-refractivity contribution in [3.63, 3.8) is 0 Å². The molecular formula is C12H16ClN3O2. The van der Waals surface area contributed by atoms with E-state index >= 15 is 0 Å². The van der Waals surface area contributed by atoms with Crippen LogP contribution in [0.4, 0.5) is 0 Å². The molecule has 0 unspecified atom stereocenters. The van der Waals surface area contributed by atoms with Crippen LogP contribution in [0, 0.1) is 0 Å². The van der Waals surface area contributed by atoms with Crippen molar-refractivity contribution in [1.29, 1.82) is 0 Å². The van der Waals surface area contributed by atoms with E-state index in [0.717, 1.165) is 31.6 Å². The van der Waals surface area contributed by atoms with Crippen LogP contribution in [0.3, 0.4) is 0 Å². The molecule has 1 aromatic heterocycles. The summed E-state index contributed by atoms with van der Waals surface area (Å²) < 4.78 is 4.85. The van der Waals surface area contributed by atoms with Crippen molar-refractivity contribution in [2.45, 2.75) is 18.8 Å². The van der Waals surface area contributed by atoms with Gasteiger partial charge in [-0.25, -0.2) is 4.98 Å². The van der Waals surface area contributed by atoms with Crippen LogP contribution in [0.25, 0.3) is 0 Å². The van der Waals surface area contributed by atoms with Gasteiger partial charge in [0, 0.05) is 32.3 Å². The number of hydrogen-bond acceptors (Lipinski definition) is 4. The van der Waals surface area contributed by atoms with Crippen molar-refractivity contribution in [2.24, 2.45) is 0 Å². The molecule has 0 atom stereocenters. The van der Waals surface area contributed by atoms with Gasteiger partial charge < -0.3 is 9.64 Å². The molecule has 0 spiro atoms. The van der Waals surface area contributed by atoms with Crippen LogP contribution in [-0.4, -0.2) is 47.6 Å². The summed E-state index contributed by atoms with van der Waals surface area (Å²) in [5.41, 5.74) is 0.918. The van der Waals surface area contributed by atoms with E-state index in [9.17, 15) is 4.79 Å². The summed E-state index contributed by atoms with van der Waals surface area (Å²) in [7, 11) is 1.53. The number of ether oxygens (including phenoxy) is 1. The molecule has 6 heteroatoms. The maximum atomic E-state index is 11.6. The van der Waals surface area contributed by atoms with Gasteiger partial charge in [0.25, 0.3) is 0 Å². The highest BCUT2D eigenvalue weighted by Crippen LogP contribution is 2.26. The van der Waals surface area contributed by atoms with Crippen LogP contribution in [0.15, 0.2) is 12.4 Å². The molecule has 0 aromatic carbocycles. The quantitative estimate of drug-likeness (QED) is 0.834. The fraction of sp³-hybridized carbons (Fsp3) is 0.583. The molecule has 1 fully saturated rings. The number of rotatable bonds is 3. The molecule has 1 aliphatic heterocycles. The normalized spacial score (nSPS) is 16.9. The number of nitrogens with zero attached hydrogens (tertiary/aromatic N) is 3. The zero-order chi connectivity index (χ0) is 13.0. The lowest BCUT2D eigenvalue weighted by atomic mass is 9.94. The molecule has 1 aromatic rings. The summed E-state index contributed by atoms with van der Waals surface area (Å²) in [4.78, 5) is 21.8. The summed E-state index contributed by atoms with van der Waals surface area (Å²) in [5.74, 6) is 0.385. The van der Waals surface area contributed by atoms with E-state index in [2.05, 4.69) is 9.97 Å². The SMILES string of the molecule is COCC(=O)N1CCC(c2cncc(Cl)n2)CC1. The van der Waals surface area contributed by atoms with Crippen LogP contribution in [0.5, 0.6) is 0 Å².